The van der Waals surface area contributed by atoms with E-state index in [2.05, 4.69) is 0 Å². The van der Waals surface area contributed by atoms with Crippen molar-refractivity contribution in [1.82, 2.24) is 0 Å². The molecule has 0 spiro atoms. The Morgan fingerprint density at radius 2 is 1.93 bits per heavy atom. The monoisotopic (exact) mass is 210 g/mol. The van der Waals surface area contributed by atoms with E-state index in [1.807, 2.05) is 6.07 Å². The van der Waals surface area contributed by atoms with Crippen LogP contribution in [0.15, 0.2) is 18.2 Å². The first-order valence-electron chi connectivity index (χ1n) is 4.91. The average molecular weight is 210 g/mol. The van der Waals surface area contributed by atoms with Gasteiger partial charge in [-0.1, -0.05) is 19.9 Å². The summed E-state index contributed by atoms with van der Waals surface area (Å²) in [6.07, 6.45) is 0. The summed E-state index contributed by atoms with van der Waals surface area (Å²) >= 11 is 0. The maximum atomic E-state index is 13.1. The van der Waals surface area contributed by atoms with E-state index in [1.165, 1.54) is 12.1 Å². The molecular formula is C12H15FO2. The Morgan fingerprint density at radius 3 is 2.40 bits per heavy atom. The van der Waals surface area contributed by atoms with Gasteiger partial charge in [-0.3, -0.25) is 4.79 Å². The third-order valence-electron chi connectivity index (χ3n) is 2.73. The fourth-order valence-electron chi connectivity index (χ4n) is 1.53. The van der Waals surface area contributed by atoms with Crippen molar-refractivity contribution in [2.24, 2.45) is 5.92 Å². The first-order chi connectivity index (χ1) is 6.91. The topological polar surface area (TPSA) is 37.3 Å². The Balaban J connectivity index is 3.00. The Morgan fingerprint density at radius 1 is 1.33 bits per heavy atom. The Bertz CT molecular complexity index is 354. The summed E-state index contributed by atoms with van der Waals surface area (Å²) in [7, 11) is 0. The maximum Gasteiger partial charge on any atom is 0.306 e. The van der Waals surface area contributed by atoms with Gasteiger partial charge in [0, 0.05) is 0 Å². The van der Waals surface area contributed by atoms with Crippen LogP contribution in [-0.4, -0.2) is 11.1 Å². The molecule has 0 saturated carbocycles. The van der Waals surface area contributed by atoms with Crippen LogP contribution in [0.3, 0.4) is 0 Å². The van der Waals surface area contributed by atoms with Gasteiger partial charge in [0.15, 0.2) is 0 Å². The van der Waals surface area contributed by atoms with Gasteiger partial charge in [-0.2, -0.15) is 0 Å². The lowest BCUT2D eigenvalue weighted by molar-refractivity contribution is -0.141. The molecule has 0 heterocycles. The summed E-state index contributed by atoms with van der Waals surface area (Å²) in [5.41, 5.74) is 1.55. The number of hydrogen-bond donors (Lipinski definition) is 1. The van der Waals surface area contributed by atoms with E-state index in [4.69, 9.17) is 5.11 Å². The summed E-state index contributed by atoms with van der Waals surface area (Å²) < 4.78 is 13.1. The van der Waals surface area contributed by atoms with Gasteiger partial charge >= 0.3 is 5.97 Å². The van der Waals surface area contributed by atoms with Gasteiger partial charge in [0.25, 0.3) is 0 Å². The van der Waals surface area contributed by atoms with Crippen molar-refractivity contribution < 1.29 is 14.3 Å². The molecular weight excluding hydrogens is 195 g/mol. The van der Waals surface area contributed by atoms with Gasteiger partial charge in [-0.05, 0) is 36.1 Å². The molecule has 1 N–H and O–H groups in total. The van der Waals surface area contributed by atoms with Crippen LogP contribution in [0.4, 0.5) is 4.39 Å². The molecule has 1 aromatic carbocycles. The first-order valence-corrected chi connectivity index (χ1v) is 4.91. The second kappa shape index (κ2) is 4.43. The molecule has 0 aromatic heterocycles. The van der Waals surface area contributed by atoms with Gasteiger partial charge < -0.3 is 5.11 Å². The smallest absolute Gasteiger partial charge is 0.306 e. The van der Waals surface area contributed by atoms with Crippen molar-refractivity contribution in [3.63, 3.8) is 0 Å². The Labute approximate surface area is 88.7 Å². The van der Waals surface area contributed by atoms with Gasteiger partial charge in [-0.25, -0.2) is 4.39 Å². The van der Waals surface area contributed by atoms with E-state index in [1.54, 1.807) is 20.8 Å². The van der Waals surface area contributed by atoms with Crippen LogP contribution in [0, 0.1) is 18.7 Å². The van der Waals surface area contributed by atoms with E-state index in [0.29, 0.717) is 0 Å². The number of carboxylic acid groups (broad SMARTS) is 1. The SMILES string of the molecule is Cc1cc(F)cc(C(C)C(C)C(=O)O)c1. The van der Waals surface area contributed by atoms with Crippen molar-refractivity contribution in [2.75, 3.05) is 0 Å². The lowest BCUT2D eigenvalue weighted by Crippen LogP contribution is -2.16. The second-order valence-corrected chi connectivity index (χ2v) is 3.98. The van der Waals surface area contributed by atoms with Gasteiger partial charge in [0.2, 0.25) is 0 Å². The summed E-state index contributed by atoms with van der Waals surface area (Å²) in [4.78, 5) is 10.8. The molecule has 0 fully saturated rings. The Hall–Kier alpha value is -1.38. The molecule has 0 saturated heterocycles. The number of benzene rings is 1. The molecule has 0 aliphatic carbocycles. The number of hydrogen-bond acceptors (Lipinski definition) is 1. The summed E-state index contributed by atoms with van der Waals surface area (Å²) in [5, 5.41) is 8.86. The van der Waals surface area contributed by atoms with Crippen LogP contribution < -0.4 is 0 Å². The summed E-state index contributed by atoms with van der Waals surface area (Å²) in [5.74, 6) is -1.86. The Kier molecular flexibility index (Phi) is 3.45. The number of rotatable bonds is 3. The third kappa shape index (κ3) is 2.78. The van der Waals surface area contributed by atoms with Crippen molar-refractivity contribution in [1.29, 1.82) is 0 Å². The highest BCUT2D eigenvalue weighted by Crippen LogP contribution is 2.25. The van der Waals surface area contributed by atoms with E-state index in [-0.39, 0.29) is 11.7 Å². The molecule has 82 valence electrons. The average Bonchev–Trinajstić information content (AvgIpc) is 2.13. The van der Waals surface area contributed by atoms with Crippen LogP contribution in [0.25, 0.3) is 0 Å². The molecule has 0 bridgehead atoms. The van der Waals surface area contributed by atoms with Gasteiger partial charge in [-0.15, -0.1) is 0 Å². The molecule has 1 aromatic rings. The predicted octanol–water partition coefficient (Wildman–Crippen LogP) is 2.96. The van der Waals surface area contributed by atoms with Crippen LogP contribution in [0.1, 0.15) is 30.9 Å². The lowest BCUT2D eigenvalue weighted by atomic mass is 9.88. The minimum absolute atomic E-state index is 0.183. The molecule has 0 amide bonds. The fraction of sp³-hybridized carbons (Fsp3) is 0.417. The van der Waals surface area contributed by atoms with Crippen molar-refractivity contribution in [3.05, 3.63) is 35.1 Å². The van der Waals surface area contributed by atoms with Crippen LogP contribution >= 0.6 is 0 Å². The van der Waals surface area contributed by atoms with Crippen molar-refractivity contribution in [2.45, 2.75) is 26.7 Å². The predicted molar refractivity (Wildman–Crippen MR) is 56.4 cm³/mol. The molecule has 0 radical (unpaired) electrons. The first kappa shape index (κ1) is 11.7. The van der Waals surface area contributed by atoms with E-state index in [0.717, 1.165) is 11.1 Å². The number of aliphatic carboxylic acids is 1. The standard InChI is InChI=1S/C12H15FO2/c1-7-4-10(6-11(13)5-7)8(2)9(3)12(14)15/h4-6,8-9H,1-3H3,(H,14,15). The van der Waals surface area contributed by atoms with Gasteiger partial charge in [0.1, 0.15) is 5.82 Å². The van der Waals surface area contributed by atoms with Crippen LogP contribution in [0.5, 0.6) is 0 Å². The second-order valence-electron chi connectivity index (χ2n) is 3.98. The summed E-state index contributed by atoms with van der Waals surface area (Å²) in [6.45, 7) is 5.23. The number of aryl methyl sites for hydroxylation is 1. The zero-order chi connectivity index (χ0) is 11.6. The molecule has 0 aliphatic heterocycles. The third-order valence-corrected chi connectivity index (χ3v) is 2.73. The molecule has 2 nitrogen and oxygen atoms in total. The number of carbonyl (C=O) groups is 1. The molecule has 2 atom stereocenters. The minimum Gasteiger partial charge on any atom is -0.481 e. The highest BCUT2D eigenvalue weighted by molar-refractivity contribution is 5.70. The van der Waals surface area contributed by atoms with Crippen LogP contribution in [0.2, 0.25) is 0 Å². The largest absolute Gasteiger partial charge is 0.481 e. The van der Waals surface area contributed by atoms with Crippen molar-refractivity contribution in [3.8, 4) is 0 Å². The lowest BCUT2D eigenvalue weighted by Gasteiger charge is -2.16. The normalized spacial score (nSPS) is 14.7. The van der Waals surface area contributed by atoms with Gasteiger partial charge in [0.05, 0.1) is 5.92 Å². The zero-order valence-electron chi connectivity index (χ0n) is 9.12. The molecule has 1 rings (SSSR count). The van der Waals surface area contributed by atoms with E-state index < -0.39 is 11.9 Å². The fourth-order valence-corrected chi connectivity index (χ4v) is 1.53. The summed E-state index contributed by atoms with van der Waals surface area (Å²) in [6, 6.07) is 4.66. The molecule has 2 unspecified atom stereocenters. The van der Waals surface area contributed by atoms with Crippen molar-refractivity contribution >= 4 is 5.97 Å². The van der Waals surface area contributed by atoms with E-state index >= 15 is 0 Å². The maximum absolute atomic E-state index is 13.1. The molecule has 0 aliphatic rings. The number of carboxylic acids is 1. The highest BCUT2D eigenvalue weighted by Gasteiger charge is 2.21. The quantitative estimate of drug-likeness (QED) is 0.832. The zero-order valence-corrected chi connectivity index (χ0v) is 9.12. The molecule has 3 heteroatoms. The number of halogens is 1. The van der Waals surface area contributed by atoms with E-state index in [9.17, 15) is 9.18 Å². The highest BCUT2D eigenvalue weighted by atomic mass is 19.1. The molecule has 15 heavy (non-hydrogen) atoms. The minimum atomic E-state index is -0.857. The van der Waals surface area contributed by atoms with Crippen LogP contribution in [-0.2, 0) is 4.79 Å².